The molecule has 5 nitrogen and oxygen atoms in total. The van der Waals surface area contributed by atoms with Gasteiger partial charge in [-0.15, -0.1) is 0 Å². The highest BCUT2D eigenvalue weighted by molar-refractivity contribution is 7.19. The van der Waals surface area contributed by atoms with Crippen LogP contribution in [0.5, 0.6) is 0 Å². The molecule has 6 heteroatoms. The van der Waals surface area contributed by atoms with E-state index in [-0.39, 0.29) is 0 Å². The number of para-hydroxylation sites is 2. The summed E-state index contributed by atoms with van der Waals surface area (Å²) in [5.41, 5.74) is 3.14. The number of hydrogen-bond acceptors (Lipinski definition) is 5. The Labute approximate surface area is 133 Å². The molecular formula is C16H19N5S. The molecule has 0 bridgehead atoms. The summed E-state index contributed by atoms with van der Waals surface area (Å²) in [7, 11) is 2.17. The number of imidazole rings is 1. The lowest BCUT2D eigenvalue weighted by Crippen LogP contribution is -2.44. The summed E-state index contributed by atoms with van der Waals surface area (Å²) >= 11 is 1.74. The average Bonchev–Trinajstić information content (AvgIpc) is 3.11. The molecule has 1 aliphatic heterocycles. The third-order valence-corrected chi connectivity index (χ3v) is 5.39. The first-order valence-electron chi connectivity index (χ1n) is 7.57. The van der Waals surface area contributed by atoms with Crippen LogP contribution in [0.1, 0.15) is 5.69 Å². The number of likely N-dealkylation sites (N-methyl/N-ethyl adjacent to an activating group) is 1. The zero-order valence-electron chi connectivity index (χ0n) is 12.8. The second kappa shape index (κ2) is 5.37. The summed E-state index contributed by atoms with van der Waals surface area (Å²) in [4.78, 5) is 18.8. The van der Waals surface area contributed by atoms with Gasteiger partial charge >= 0.3 is 0 Å². The minimum absolute atomic E-state index is 0.927. The average molecular weight is 313 g/mol. The van der Waals surface area contributed by atoms with Crippen molar-refractivity contribution < 1.29 is 0 Å². The van der Waals surface area contributed by atoms with E-state index in [2.05, 4.69) is 34.8 Å². The van der Waals surface area contributed by atoms with Crippen molar-refractivity contribution in [3.8, 4) is 10.7 Å². The van der Waals surface area contributed by atoms with Gasteiger partial charge in [0.25, 0.3) is 0 Å². The molecule has 1 saturated heterocycles. The van der Waals surface area contributed by atoms with E-state index >= 15 is 0 Å². The summed E-state index contributed by atoms with van der Waals surface area (Å²) in [5, 5.41) is 1.11. The molecule has 0 unspecified atom stereocenters. The van der Waals surface area contributed by atoms with Crippen LogP contribution in [-0.2, 0) is 0 Å². The van der Waals surface area contributed by atoms with Crippen molar-refractivity contribution in [2.24, 2.45) is 0 Å². The number of aromatic nitrogens is 3. The maximum atomic E-state index is 4.77. The minimum Gasteiger partial charge on any atom is -0.346 e. The first kappa shape index (κ1) is 13.7. The molecule has 0 saturated carbocycles. The lowest BCUT2D eigenvalue weighted by atomic mass is 10.3. The quantitative estimate of drug-likeness (QED) is 0.790. The molecule has 1 aliphatic rings. The molecule has 0 aliphatic carbocycles. The number of H-pyrrole nitrogens is 1. The van der Waals surface area contributed by atoms with Crippen molar-refractivity contribution in [1.82, 2.24) is 19.9 Å². The Bertz CT molecular complexity index is 765. The van der Waals surface area contributed by atoms with E-state index in [1.54, 1.807) is 11.3 Å². The van der Waals surface area contributed by atoms with Gasteiger partial charge in [-0.1, -0.05) is 23.5 Å². The monoisotopic (exact) mass is 313 g/mol. The zero-order chi connectivity index (χ0) is 15.1. The van der Waals surface area contributed by atoms with Crippen LogP contribution in [-0.4, -0.2) is 53.1 Å². The first-order chi connectivity index (χ1) is 10.7. The third kappa shape index (κ3) is 2.38. The predicted octanol–water partition coefficient (Wildman–Crippen LogP) is 2.75. The van der Waals surface area contributed by atoms with Gasteiger partial charge in [-0.25, -0.2) is 9.97 Å². The van der Waals surface area contributed by atoms with E-state index < -0.39 is 0 Å². The fourth-order valence-electron chi connectivity index (χ4n) is 2.80. The van der Waals surface area contributed by atoms with Gasteiger partial charge in [0.15, 0.2) is 11.0 Å². The SMILES string of the molecule is Cc1nc(N2CCN(C)CC2)sc1-c1nc2ccccc2[nH]1. The molecule has 0 spiro atoms. The van der Waals surface area contributed by atoms with E-state index in [4.69, 9.17) is 9.97 Å². The molecule has 3 heterocycles. The van der Waals surface area contributed by atoms with Crippen LogP contribution < -0.4 is 4.90 Å². The topological polar surface area (TPSA) is 48.1 Å². The number of anilines is 1. The fourth-order valence-corrected chi connectivity index (χ4v) is 3.86. The van der Waals surface area contributed by atoms with E-state index in [0.717, 1.165) is 58.7 Å². The maximum absolute atomic E-state index is 4.77. The molecule has 0 atom stereocenters. The van der Waals surface area contributed by atoms with Crippen molar-refractivity contribution in [3.63, 3.8) is 0 Å². The molecule has 4 rings (SSSR count). The molecule has 114 valence electrons. The van der Waals surface area contributed by atoms with E-state index in [9.17, 15) is 0 Å². The van der Waals surface area contributed by atoms with Crippen LogP contribution in [0.4, 0.5) is 5.13 Å². The highest BCUT2D eigenvalue weighted by Gasteiger charge is 2.20. The normalized spacial score (nSPS) is 16.5. The molecule has 22 heavy (non-hydrogen) atoms. The maximum Gasteiger partial charge on any atom is 0.186 e. The number of rotatable bonds is 2. The van der Waals surface area contributed by atoms with E-state index in [1.165, 1.54) is 0 Å². The number of aryl methyl sites for hydroxylation is 1. The van der Waals surface area contributed by atoms with Gasteiger partial charge in [0.1, 0.15) is 0 Å². The second-order valence-electron chi connectivity index (χ2n) is 5.80. The highest BCUT2D eigenvalue weighted by atomic mass is 32.1. The smallest absolute Gasteiger partial charge is 0.186 e. The number of fused-ring (bicyclic) bond motifs is 1. The zero-order valence-corrected chi connectivity index (χ0v) is 13.7. The number of benzene rings is 1. The van der Waals surface area contributed by atoms with E-state index in [1.807, 2.05) is 18.2 Å². The van der Waals surface area contributed by atoms with Crippen molar-refractivity contribution in [2.75, 3.05) is 38.1 Å². The Kier molecular flexibility index (Phi) is 3.35. The Morgan fingerprint density at radius 1 is 1.09 bits per heavy atom. The summed E-state index contributed by atoms with van der Waals surface area (Å²) in [5.74, 6) is 0.927. The molecule has 1 fully saturated rings. The first-order valence-corrected chi connectivity index (χ1v) is 8.38. The Balaban J connectivity index is 1.67. The van der Waals surface area contributed by atoms with Gasteiger partial charge in [-0.3, -0.25) is 0 Å². The predicted molar refractivity (Wildman–Crippen MR) is 91.6 cm³/mol. The van der Waals surface area contributed by atoms with Crippen molar-refractivity contribution in [3.05, 3.63) is 30.0 Å². The summed E-state index contributed by atoms with van der Waals surface area (Å²) in [6, 6.07) is 8.14. The van der Waals surface area contributed by atoms with Crippen LogP contribution in [0.15, 0.2) is 24.3 Å². The summed E-state index contributed by atoms with van der Waals surface area (Å²) in [6.45, 7) is 6.35. The van der Waals surface area contributed by atoms with Gasteiger partial charge in [-0.2, -0.15) is 0 Å². The van der Waals surface area contributed by atoms with Crippen molar-refractivity contribution >= 4 is 27.5 Å². The van der Waals surface area contributed by atoms with Crippen LogP contribution in [0.3, 0.4) is 0 Å². The van der Waals surface area contributed by atoms with Crippen molar-refractivity contribution in [2.45, 2.75) is 6.92 Å². The number of nitrogens with one attached hydrogen (secondary N) is 1. The molecule has 2 aromatic heterocycles. The van der Waals surface area contributed by atoms with Crippen molar-refractivity contribution in [1.29, 1.82) is 0 Å². The molecule has 1 N–H and O–H groups in total. The standard InChI is InChI=1S/C16H19N5S/c1-11-14(15-18-12-5-3-4-6-13(12)19-15)22-16(17-11)21-9-7-20(2)8-10-21/h3-6H,7-10H2,1-2H3,(H,18,19). The van der Waals surface area contributed by atoms with Crippen LogP contribution in [0.25, 0.3) is 21.7 Å². The van der Waals surface area contributed by atoms with Gasteiger partial charge in [0.2, 0.25) is 0 Å². The number of thiazole rings is 1. The fraction of sp³-hybridized carbons (Fsp3) is 0.375. The van der Waals surface area contributed by atoms with Crippen LogP contribution in [0, 0.1) is 6.92 Å². The highest BCUT2D eigenvalue weighted by Crippen LogP contribution is 2.34. The van der Waals surface area contributed by atoms with Crippen LogP contribution in [0.2, 0.25) is 0 Å². The summed E-state index contributed by atoms with van der Waals surface area (Å²) < 4.78 is 0. The second-order valence-corrected chi connectivity index (χ2v) is 6.78. The number of piperazine rings is 1. The molecule has 0 radical (unpaired) electrons. The lowest BCUT2D eigenvalue weighted by Gasteiger charge is -2.32. The molecule has 1 aromatic carbocycles. The Morgan fingerprint density at radius 2 is 1.86 bits per heavy atom. The summed E-state index contributed by atoms with van der Waals surface area (Å²) in [6.07, 6.45) is 0. The molecule has 3 aromatic rings. The lowest BCUT2D eigenvalue weighted by molar-refractivity contribution is 0.312. The Morgan fingerprint density at radius 3 is 2.64 bits per heavy atom. The van der Waals surface area contributed by atoms with Gasteiger partial charge in [0, 0.05) is 26.2 Å². The largest absolute Gasteiger partial charge is 0.346 e. The van der Waals surface area contributed by atoms with Gasteiger partial charge in [0.05, 0.1) is 21.6 Å². The molecular weight excluding hydrogens is 294 g/mol. The minimum atomic E-state index is 0.927. The van der Waals surface area contributed by atoms with Crippen LogP contribution >= 0.6 is 11.3 Å². The Hall–Kier alpha value is -1.92. The molecule has 0 amide bonds. The number of aromatic amines is 1. The number of nitrogens with zero attached hydrogens (tertiary/aromatic N) is 4. The van der Waals surface area contributed by atoms with E-state index in [0.29, 0.717) is 0 Å². The third-order valence-electron chi connectivity index (χ3n) is 4.16. The number of hydrogen-bond donors (Lipinski definition) is 1. The van der Waals surface area contributed by atoms with Gasteiger partial charge < -0.3 is 14.8 Å². The van der Waals surface area contributed by atoms with Gasteiger partial charge in [-0.05, 0) is 26.1 Å².